The molecule has 0 bridgehead atoms. The van der Waals surface area contributed by atoms with Gasteiger partial charge in [0.25, 0.3) is 0 Å². The maximum absolute atomic E-state index is 12.5. The van der Waals surface area contributed by atoms with E-state index in [4.69, 9.17) is 23.2 Å². The van der Waals surface area contributed by atoms with Gasteiger partial charge in [-0.15, -0.1) is 16.8 Å². The number of halogens is 2. The van der Waals surface area contributed by atoms with E-state index in [2.05, 4.69) is 27.0 Å². The van der Waals surface area contributed by atoms with Crippen molar-refractivity contribution in [2.24, 2.45) is 5.92 Å². The zero-order valence-electron chi connectivity index (χ0n) is 14.7. The third-order valence-corrected chi connectivity index (χ3v) is 7.04. The molecule has 3 rings (SSSR count). The molecule has 1 aromatic carbocycles. The van der Waals surface area contributed by atoms with E-state index in [0.717, 1.165) is 41.6 Å². The molecule has 0 radical (unpaired) electrons. The normalized spacial score (nSPS) is 15.6. The number of rotatable bonds is 7. The van der Waals surface area contributed by atoms with Crippen LogP contribution in [0.25, 0.3) is 0 Å². The molecule has 1 amide bonds. The molecule has 1 aliphatic rings. The number of hydrogen-bond acceptors (Lipinski definition) is 6. The predicted molar refractivity (Wildman–Crippen MR) is 114 cm³/mol. The first-order chi connectivity index (χ1) is 13.1. The Morgan fingerprint density at radius 1 is 1.33 bits per heavy atom. The quantitative estimate of drug-likeness (QED) is 0.372. The van der Waals surface area contributed by atoms with E-state index in [1.165, 1.54) is 11.3 Å². The van der Waals surface area contributed by atoms with Crippen molar-refractivity contribution in [3.05, 3.63) is 46.5 Å². The number of likely N-dealkylation sites (tertiary alicyclic amines) is 1. The van der Waals surface area contributed by atoms with Crippen LogP contribution < -0.4 is 5.32 Å². The first kappa shape index (κ1) is 20.6. The van der Waals surface area contributed by atoms with Gasteiger partial charge in [-0.05, 0) is 38.1 Å². The molecule has 1 N–H and O–H groups in total. The number of thioether (sulfide) groups is 1. The smallest absolute Gasteiger partial charge is 0.229 e. The van der Waals surface area contributed by atoms with E-state index >= 15 is 0 Å². The van der Waals surface area contributed by atoms with Gasteiger partial charge in [-0.1, -0.05) is 58.4 Å². The number of benzene rings is 1. The Kier molecular flexibility index (Phi) is 7.55. The molecule has 9 heteroatoms. The Hall–Kier alpha value is -1.12. The Morgan fingerprint density at radius 2 is 2.04 bits per heavy atom. The van der Waals surface area contributed by atoms with Gasteiger partial charge in [-0.3, -0.25) is 9.69 Å². The van der Waals surface area contributed by atoms with Crippen LogP contribution in [-0.2, 0) is 11.3 Å². The molecule has 144 valence electrons. The highest BCUT2D eigenvalue weighted by molar-refractivity contribution is 8.01. The number of amides is 1. The lowest BCUT2D eigenvalue weighted by Crippen LogP contribution is -2.37. The number of carbonyl (C=O) groups excluding carboxylic acids is 1. The van der Waals surface area contributed by atoms with Crippen LogP contribution in [0.15, 0.2) is 35.2 Å². The Morgan fingerprint density at radius 3 is 2.70 bits per heavy atom. The van der Waals surface area contributed by atoms with Crippen LogP contribution in [0.3, 0.4) is 0 Å². The fourth-order valence-corrected chi connectivity index (χ4v) is 4.95. The molecule has 27 heavy (non-hydrogen) atoms. The van der Waals surface area contributed by atoms with Crippen molar-refractivity contribution in [2.45, 2.75) is 23.7 Å². The molecule has 2 heterocycles. The summed E-state index contributed by atoms with van der Waals surface area (Å²) in [4.78, 5) is 14.8. The zero-order valence-corrected chi connectivity index (χ0v) is 17.8. The lowest BCUT2D eigenvalue weighted by molar-refractivity contribution is -0.121. The van der Waals surface area contributed by atoms with Crippen LogP contribution in [0.4, 0.5) is 5.13 Å². The summed E-state index contributed by atoms with van der Waals surface area (Å²) in [6.45, 7) is 6.04. The predicted octanol–water partition coefficient (Wildman–Crippen LogP) is 4.97. The highest BCUT2D eigenvalue weighted by atomic mass is 35.5. The fraction of sp³-hybridized carbons (Fsp3) is 0.389. The van der Waals surface area contributed by atoms with E-state index in [1.807, 2.05) is 24.3 Å². The Bertz CT molecular complexity index is 786. The maximum Gasteiger partial charge on any atom is 0.229 e. The first-order valence-corrected chi connectivity index (χ1v) is 11.2. The van der Waals surface area contributed by atoms with Gasteiger partial charge in [-0.25, -0.2) is 0 Å². The number of hydrogen-bond donors (Lipinski definition) is 1. The van der Waals surface area contributed by atoms with Crippen molar-refractivity contribution in [1.82, 2.24) is 15.1 Å². The maximum atomic E-state index is 12.5. The van der Waals surface area contributed by atoms with E-state index < -0.39 is 0 Å². The molecule has 1 aromatic heterocycles. The lowest BCUT2D eigenvalue weighted by Gasteiger charge is -2.31. The van der Waals surface area contributed by atoms with Gasteiger partial charge in [0.05, 0.1) is 0 Å². The van der Waals surface area contributed by atoms with Crippen LogP contribution in [0.1, 0.15) is 18.4 Å². The summed E-state index contributed by atoms with van der Waals surface area (Å²) in [5.41, 5.74) is 0.946. The van der Waals surface area contributed by atoms with E-state index in [0.29, 0.717) is 21.7 Å². The Labute approximate surface area is 177 Å². The third kappa shape index (κ3) is 5.68. The number of nitrogens with one attached hydrogen (secondary N) is 1. The van der Waals surface area contributed by atoms with Crippen molar-refractivity contribution in [3.8, 4) is 0 Å². The molecular weight excluding hydrogens is 423 g/mol. The summed E-state index contributed by atoms with van der Waals surface area (Å²) in [6, 6.07) is 5.55. The SMILES string of the molecule is C=CCSc1nnc(NC(=O)C2CCN(Cc3c(Cl)cccc3Cl)CC2)s1. The van der Waals surface area contributed by atoms with E-state index in [1.54, 1.807) is 11.8 Å². The molecule has 0 unspecified atom stereocenters. The van der Waals surface area contributed by atoms with Gasteiger partial charge in [0.15, 0.2) is 4.34 Å². The molecular formula is C18H20Cl2N4OS2. The minimum atomic E-state index is -0.0175. The van der Waals surface area contributed by atoms with Crippen LogP contribution in [-0.4, -0.2) is 39.8 Å². The summed E-state index contributed by atoms with van der Waals surface area (Å²) < 4.78 is 0.830. The second-order valence-corrected chi connectivity index (χ2v) is 9.27. The first-order valence-electron chi connectivity index (χ1n) is 8.60. The highest BCUT2D eigenvalue weighted by Crippen LogP contribution is 2.29. The second-order valence-electron chi connectivity index (χ2n) is 6.21. The van der Waals surface area contributed by atoms with E-state index in [9.17, 15) is 4.79 Å². The van der Waals surface area contributed by atoms with Gasteiger partial charge in [0, 0.05) is 33.8 Å². The fourth-order valence-electron chi connectivity index (χ4n) is 2.92. The number of nitrogens with zero attached hydrogens (tertiary/aromatic N) is 3. The lowest BCUT2D eigenvalue weighted by atomic mass is 9.95. The third-order valence-electron chi connectivity index (χ3n) is 4.36. The van der Waals surface area contributed by atoms with Crippen LogP contribution in [0.2, 0.25) is 10.0 Å². The van der Waals surface area contributed by atoms with Crippen molar-refractivity contribution in [3.63, 3.8) is 0 Å². The van der Waals surface area contributed by atoms with Crippen molar-refractivity contribution in [1.29, 1.82) is 0 Å². The summed E-state index contributed by atoms with van der Waals surface area (Å²) in [7, 11) is 0. The molecule has 0 aliphatic carbocycles. The zero-order chi connectivity index (χ0) is 19.2. The molecule has 0 spiro atoms. The van der Waals surface area contributed by atoms with Gasteiger partial charge < -0.3 is 5.32 Å². The molecule has 1 fully saturated rings. The minimum absolute atomic E-state index is 0.0156. The van der Waals surface area contributed by atoms with Crippen LogP contribution >= 0.6 is 46.3 Å². The van der Waals surface area contributed by atoms with Crippen molar-refractivity contribution >= 4 is 57.3 Å². The molecule has 0 atom stereocenters. The number of piperidine rings is 1. The molecule has 0 saturated carbocycles. The summed E-state index contributed by atoms with van der Waals surface area (Å²) in [5.74, 6) is 0.772. The molecule has 5 nitrogen and oxygen atoms in total. The summed E-state index contributed by atoms with van der Waals surface area (Å²) in [5, 5.41) is 12.9. The van der Waals surface area contributed by atoms with Gasteiger partial charge >= 0.3 is 0 Å². The average Bonchev–Trinajstić information content (AvgIpc) is 3.11. The van der Waals surface area contributed by atoms with Crippen molar-refractivity contribution < 1.29 is 4.79 Å². The summed E-state index contributed by atoms with van der Waals surface area (Å²) >= 11 is 15.5. The van der Waals surface area contributed by atoms with Gasteiger partial charge in [0.2, 0.25) is 11.0 Å². The number of aromatic nitrogens is 2. The highest BCUT2D eigenvalue weighted by Gasteiger charge is 2.26. The van der Waals surface area contributed by atoms with Crippen LogP contribution in [0, 0.1) is 5.92 Å². The minimum Gasteiger partial charge on any atom is -0.300 e. The average molecular weight is 443 g/mol. The molecule has 2 aromatic rings. The van der Waals surface area contributed by atoms with Gasteiger partial charge in [0.1, 0.15) is 0 Å². The molecule has 1 aliphatic heterocycles. The summed E-state index contributed by atoms with van der Waals surface area (Å²) in [6.07, 6.45) is 3.41. The van der Waals surface area contributed by atoms with Crippen LogP contribution in [0.5, 0.6) is 0 Å². The standard InChI is InChI=1S/C18H20Cl2N4OS2/c1-2-10-26-18-23-22-17(27-18)21-16(25)12-6-8-24(9-7-12)11-13-14(19)4-3-5-15(13)20/h2-5,12H,1,6-11H2,(H,21,22,25). The largest absolute Gasteiger partial charge is 0.300 e. The Balaban J connectivity index is 1.49. The van der Waals surface area contributed by atoms with E-state index in [-0.39, 0.29) is 11.8 Å². The topological polar surface area (TPSA) is 58.1 Å². The monoisotopic (exact) mass is 442 g/mol. The number of anilines is 1. The van der Waals surface area contributed by atoms with Gasteiger partial charge in [-0.2, -0.15) is 0 Å². The number of carbonyl (C=O) groups is 1. The second kappa shape index (κ2) is 9.89. The molecule has 1 saturated heterocycles. The van der Waals surface area contributed by atoms with Crippen molar-refractivity contribution in [2.75, 3.05) is 24.2 Å².